The van der Waals surface area contributed by atoms with Gasteiger partial charge in [-0.1, -0.05) is 50.2 Å². The smallest absolute Gasteiger partial charge is 0.412 e. The molecule has 15 heteroatoms. The van der Waals surface area contributed by atoms with E-state index in [9.17, 15) is 23.1 Å². The number of rotatable bonds is 14. The lowest BCUT2D eigenvalue weighted by Crippen LogP contribution is -2.50. The molecule has 0 radical (unpaired) electrons. The predicted octanol–water partition coefficient (Wildman–Crippen LogP) is 4.28. The quantitative estimate of drug-likeness (QED) is 0.145. The van der Waals surface area contributed by atoms with E-state index in [4.69, 9.17) is 9.02 Å². The zero-order chi connectivity index (χ0) is 31.7. The van der Waals surface area contributed by atoms with Gasteiger partial charge in [0.25, 0.3) is 0 Å². The zero-order valence-corrected chi connectivity index (χ0v) is 26.1. The first-order valence-corrected chi connectivity index (χ1v) is 16.0. The lowest BCUT2D eigenvalue weighted by Gasteiger charge is -2.29. The number of aromatic nitrogens is 2. The summed E-state index contributed by atoms with van der Waals surface area (Å²) in [6.45, 7) is 3.72. The molecule has 0 aliphatic heterocycles. The van der Waals surface area contributed by atoms with Crippen LogP contribution in [0.5, 0.6) is 0 Å². The summed E-state index contributed by atoms with van der Waals surface area (Å²) in [6.07, 6.45) is -0.795. The number of carbonyl (C=O) groups excluding carboxylic acids is 2. The lowest BCUT2D eigenvalue weighted by molar-refractivity contribution is -0.0908. The van der Waals surface area contributed by atoms with Gasteiger partial charge >= 0.3 is 22.3 Å². The van der Waals surface area contributed by atoms with Crippen LogP contribution in [-0.4, -0.2) is 73.1 Å². The van der Waals surface area contributed by atoms with E-state index in [2.05, 4.69) is 25.3 Å². The number of aliphatic hydroxyl groups excluding tert-OH is 1. The van der Waals surface area contributed by atoms with E-state index in [1.165, 1.54) is 35.6 Å². The van der Waals surface area contributed by atoms with E-state index in [0.29, 0.717) is 16.7 Å². The van der Waals surface area contributed by atoms with Crippen molar-refractivity contribution < 1.29 is 36.9 Å². The van der Waals surface area contributed by atoms with Crippen LogP contribution in [0.25, 0.3) is 10.9 Å². The molecule has 2 aromatic carbocycles. The molecule has 0 saturated carbocycles. The van der Waals surface area contributed by atoms with Gasteiger partial charge in [0.1, 0.15) is 12.4 Å². The van der Waals surface area contributed by atoms with Gasteiger partial charge in [0.05, 0.1) is 41.1 Å². The fourth-order valence-corrected chi connectivity index (χ4v) is 5.83. The molecule has 0 spiro atoms. The molecule has 2 amide bonds. The minimum absolute atomic E-state index is 0.0247. The molecule has 13 nitrogen and oxygen atoms in total. The molecule has 236 valence electrons. The number of methoxy groups -OCH3 is 1. The van der Waals surface area contributed by atoms with Crippen molar-refractivity contribution in [3.63, 3.8) is 0 Å². The first kappa shape index (κ1) is 32.9. The zero-order valence-electron chi connectivity index (χ0n) is 24.4. The number of nitrogens with zero attached hydrogens (tertiary/aromatic N) is 2. The highest BCUT2D eigenvalue weighted by atomic mass is 32.2. The van der Waals surface area contributed by atoms with Crippen LogP contribution in [0.4, 0.5) is 15.4 Å². The molecule has 4 aromatic rings. The van der Waals surface area contributed by atoms with Crippen molar-refractivity contribution in [2.45, 2.75) is 43.9 Å². The van der Waals surface area contributed by atoms with Gasteiger partial charge in [-0.15, -0.1) is 11.3 Å². The summed E-state index contributed by atoms with van der Waals surface area (Å²) in [5.74, 6) is 0.301. The van der Waals surface area contributed by atoms with Crippen molar-refractivity contribution in [3.05, 3.63) is 76.7 Å². The first-order chi connectivity index (χ1) is 21.0. The second kappa shape index (κ2) is 15.1. The average molecular weight is 646 g/mol. The number of hydrogen-bond acceptors (Lipinski definition) is 11. The number of hydrogen-bond donors (Lipinski definition) is 4. The normalized spacial score (nSPS) is 13.1. The summed E-state index contributed by atoms with van der Waals surface area (Å²) in [7, 11) is -3.10. The Morgan fingerprint density at radius 2 is 1.86 bits per heavy atom. The van der Waals surface area contributed by atoms with Crippen LogP contribution in [0.15, 0.2) is 71.2 Å². The Balaban J connectivity index is 1.49. The van der Waals surface area contributed by atoms with E-state index < -0.39 is 34.5 Å². The number of H-pyrrole nitrogens is 1. The third-order valence-electron chi connectivity index (χ3n) is 6.36. The van der Waals surface area contributed by atoms with E-state index in [-0.39, 0.29) is 36.9 Å². The van der Waals surface area contributed by atoms with Crippen LogP contribution < -0.4 is 10.6 Å². The number of amides is 2. The SMILES string of the molecule is COC(=O)Nc1cc2ccc(S(=O)(=O)ON(CC(C)C)CC(O)C(Cc3ccccc3)NC(=O)OCc3cncs3)cc2[nH]1. The standard InChI is InChI=1S/C29H35N5O8S2/c1-19(2)15-34(42-44(38,39)23-10-9-21-12-27(31-24(21)13-23)33-28(36)40-3)16-26(35)25(11-20-7-5-4-6-8-20)32-29(37)41-17-22-14-30-18-43-22/h4-10,12-14,18-19,25-26,31,35H,11,15-17H2,1-3H3,(H,32,37)(H,33,36). The van der Waals surface area contributed by atoms with Gasteiger partial charge in [-0.3, -0.25) is 10.3 Å². The summed E-state index contributed by atoms with van der Waals surface area (Å²) in [6, 6.07) is 14.4. The molecule has 4 rings (SSSR count). The molecule has 2 atom stereocenters. The second-order valence-electron chi connectivity index (χ2n) is 10.4. The first-order valence-electron chi connectivity index (χ1n) is 13.7. The maximum Gasteiger partial charge on any atom is 0.412 e. The number of nitrogens with one attached hydrogen (secondary N) is 3. The van der Waals surface area contributed by atoms with E-state index in [1.54, 1.807) is 23.8 Å². The molecule has 0 aliphatic rings. The molecule has 0 aliphatic carbocycles. The highest BCUT2D eigenvalue weighted by molar-refractivity contribution is 7.86. The van der Waals surface area contributed by atoms with Gasteiger partial charge in [0.15, 0.2) is 0 Å². The number of benzene rings is 2. The van der Waals surface area contributed by atoms with Crippen LogP contribution in [0.3, 0.4) is 0 Å². The van der Waals surface area contributed by atoms with E-state index >= 15 is 0 Å². The topological polar surface area (TPSA) is 172 Å². The highest BCUT2D eigenvalue weighted by Gasteiger charge is 2.29. The van der Waals surface area contributed by atoms with Crippen molar-refractivity contribution in [2.24, 2.45) is 5.92 Å². The number of ether oxygens (including phenoxy) is 2. The van der Waals surface area contributed by atoms with Crippen LogP contribution in [0, 0.1) is 5.92 Å². The number of carbonyl (C=O) groups is 2. The van der Waals surface area contributed by atoms with Crippen molar-refractivity contribution in [1.82, 2.24) is 20.3 Å². The number of thiazole rings is 1. The third-order valence-corrected chi connectivity index (χ3v) is 8.35. The Morgan fingerprint density at radius 1 is 1.09 bits per heavy atom. The van der Waals surface area contributed by atoms with Crippen LogP contribution in [0.1, 0.15) is 24.3 Å². The van der Waals surface area contributed by atoms with Crippen LogP contribution in [0.2, 0.25) is 0 Å². The van der Waals surface area contributed by atoms with Crippen LogP contribution >= 0.6 is 11.3 Å². The minimum atomic E-state index is -4.34. The van der Waals surface area contributed by atoms with Gasteiger partial charge in [-0.05, 0) is 36.1 Å². The molecular formula is C29H35N5O8S2. The number of aliphatic hydroxyl groups is 1. The predicted molar refractivity (Wildman–Crippen MR) is 164 cm³/mol. The molecule has 0 bridgehead atoms. The molecule has 44 heavy (non-hydrogen) atoms. The Bertz CT molecular complexity index is 1630. The Kier molecular flexibility index (Phi) is 11.3. The van der Waals surface area contributed by atoms with Crippen molar-refractivity contribution >= 4 is 50.4 Å². The largest absolute Gasteiger partial charge is 0.453 e. The molecule has 0 saturated heterocycles. The molecule has 0 fully saturated rings. The Morgan fingerprint density at radius 3 is 2.55 bits per heavy atom. The monoisotopic (exact) mass is 645 g/mol. The van der Waals surface area contributed by atoms with E-state index in [0.717, 1.165) is 10.4 Å². The van der Waals surface area contributed by atoms with Gasteiger partial charge < -0.3 is 24.9 Å². The van der Waals surface area contributed by atoms with Gasteiger partial charge in [-0.2, -0.15) is 17.8 Å². The number of alkyl carbamates (subject to hydrolysis) is 1. The minimum Gasteiger partial charge on any atom is -0.453 e. The van der Waals surface area contributed by atoms with Crippen molar-refractivity contribution in [1.29, 1.82) is 0 Å². The summed E-state index contributed by atoms with van der Waals surface area (Å²) in [4.78, 5) is 31.7. The summed E-state index contributed by atoms with van der Waals surface area (Å²) in [5.41, 5.74) is 2.93. The summed E-state index contributed by atoms with van der Waals surface area (Å²) >= 11 is 1.35. The Hall–Kier alpha value is -4.02. The molecule has 2 heterocycles. The molecule has 2 aromatic heterocycles. The molecule has 2 unspecified atom stereocenters. The van der Waals surface area contributed by atoms with Gasteiger partial charge in [0.2, 0.25) is 0 Å². The summed E-state index contributed by atoms with van der Waals surface area (Å²) in [5, 5.41) is 18.4. The number of anilines is 1. The Labute approximate surface area is 259 Å². The second-order valence-corrected chi connectivity index (χ2v) is 12.9. The number of hydroxylamine groups is 2. The lowest BCUT2D eigenvalue weighted by atomic mass is 10.0. The van der Waals surface area contributed by atoms with Gasteiger partial charge in [0, 0.05) is 23.6 Å². The highest BCUT2D eigenvalue weighted by Crippen LogP contribution is 2.24. The summed E-state index contributed by atoms with van der Waals surface area (Å²) < 4.78 is 42.2. The molecule has 4 N–H and O–H groups in total. The maximum absolute atomic E-state index is 13.4. The number of fused-ring (bicyclic) bond motifs is 1. The van der Waals surface area contributed by atoms with E-state index in [1.807, 2.05) is 44.2 Å². The van der Waals surface area contributed by atoms with Crippen LogP contribution in [-0.2, 0) is 36.9 Å². The third kappa shape index (κ3) is 9.49. The fraction of sp³-hybridized carbons (Fsp3) is 0.345. The maximum atomic E-state index is 13.4. The fourth-order valence-electron chi connectivity index (χ4n) is 4.34. The average Bonchev–Trinajstić information content (AvgIpc) is 3.64. The molecular weight excluding hydrogens is 610 g/mol. The van der Waals surface area contributed by atoms with Crippen molar-refractivity contribution in [2.75, 3.05) is 25.5 Å². The van der Waals surface area contributed by atoms with Crippen molar-refractivity contribution in [3.8, 4) is 0 Å². The van der Waals surface area contributed by atoms with Gasteiger partial charge in [-0.25, -0.2) is 9.59 Å². The number of aromatic amines is 1.